The second kappa shape index (κ2) is 7.57. The van der Waals surface area contributed by atoms with Crippen molar-refractivity contribution in [2.24, 2.45) is 0 Å². The first-order valence-corrected chi connectivity index (χ1v) is 9.13. The summed E-state index contributed by atoms with van der Waals surface area (Å²) >= 11 is 0. The van der Waals surface area contributed by atoms with Crippen LogP contribution in [-0.2, 0) is 14.8 Å². The Morgan fingerprint density at radius 3 is 2.68 bits per heavy atom. The molecule has 112 valence electrons. The first kappa shape index (κ1) is 15.2. The van der Waals surface area contributed by atoms with Crippen LogP contribution in [0.2, 0.25) is 0 Å². The number of nitrogens with one attached hydrogen (secondary N) is 2. The van der Waals surface area contributed by atoms with Crippen molar-refractivity contribution in [1.82, 2.24) is 10.0 Å². The predicted molar refractivity (Wildman–Crippen MR) is 75.6 cm³/mol. The van der Waals surface area contributed by atoms with Crippen molar-refractivity contribution in [1.29, 1.82) is 0 Å². The fraction of sp³-hybridized carbons (Fsp3) is 1.00. The zero-order valence-electron chi connectivity index (χ0n) is 11.6. The molecule has 5 nitrogen and oxygen atoms in total. The normalized spacial score (nSPS) is 29.3. The Morgan fingerprint density at radius 1 is 1.16 bits per heavy atom. The third kappa shape index (κ3) is 5.77. The molecule has 0 aromatic rings. The quantitative estimate of drug-likeness (QED) is 0.766. The third-order valence-electron chi connectivity index (χ3n) is 3.90. The Kier molecular flexibility index (Phi) is 6.06. The predicted octanol–water partition coefficient (Wildman–Crippen LogP) is 1.01. The van der Waals surface area contributed by atoms with Crippen LogP contribution >= 0.6 is 0 Å². The van der Waals surface area contributed by atoms with E-state index in [1.54, 1.807) is 0 Å². The summed E-state index contributed by atoms with van der Waals surface area (Å²) in [5.74, 6) is 0.207. The average molecular weight is 290 g/mol. The van der Waals surface area contributed by atoms with Crippen molar-refractivity contribution >= 4 is 10.0 Å². The summed E-state index contributed by atoms with van der Waals surface area (Å²) in [6, 6.07) is 0.122. The van der Waals surface area contributed by atoms with E-state index >= 15 is 0 Å². The molecule has 2 saturated heterocycles. The van der Waals surface area contributed by atoms with E-state index in [0.29, 0.717) is 6.54 Å². The first-order chi connectivity index (χ1) is 9.16. The van der Waals surface area contributed by atoms with E-state index in [4.69, 9.17) is 4.74 Å². The summed E-state index contributed by atoms with van der Waals surface area (Å²) in [5, 5.41) is 3.27. The number of piperidine rings is 1. The minimum absolute atomic E-state index is 0.122. The van der Waals surface area contributed by atoms with Crippen LogP contribution in [0.5, 0.6) is 0 Å². The number of hydrogen-bond acceptors (Lipinski definition) is 4. The molecule has 2 fully saturated rings. The smallest absolute Gasteiger partial charge is 0.213 e. The maximum atomic E-state index is 11.9. The highest BCUT2D eigenvalue weighted by atomic mass is 32.2. The van der Waals surface area contributed by atoms with E-state index in [9.17, 15) is 8.42 Å². The van der Waals surface area contributed by atoms with Gasteiger partial charge in [-0.25, -0.2) is 13.1 Å². The van der Waals surface area contributed by atoms with Gasteiger partial charge in [0.25, 0.3) is 0 Å². The zero-order valence-corrected chi connectivity index (χ0v) is 12.4. The standard InChI is InChI=1S/C13H26N2O3S/c16-19(17,11-12-5-1-3-8-14-12)15-9-7-13-6-2-4-10-18-13/h12-15H,1-11H2. The van der Waals surface area contributed by atoms with Crippen molar-refractivity contribution in [2.75, 3.05) is 25.4 Å². The van der Waals surface area contributed by atoms with Gasteiger partial charge in [0.15, 0.2) is 0 Å². The Bertz CT molecular complexity index is 347. The molecular formula is C13H26N2O3S. The van der Waals surface area contributed by atoms with Crippen molar-refractivity contribution in [3.63, 3.8) is 0 Å². The molecule has 2 heterocycles. The Hall–Kier alpha value is -0.170. The van der Waals surface area contributed by atoms with Crippen LogP contribution in [0.3, 0.4) is 0 Å². The van der Waals surface area contributed by atoms with Gasteiger partial charge >= 0.3 is 0 Å². The van der Waals surface area contributed by atoms with Crippen LogP contribution in [0.15, 0.2) is 0 Å². The highest BCUT2D eigenvalue weighted by molar-refractivity contribution is 7.89. The van der Waals surface area contributed by atoms with Crippen molar-refractivity contribution in [3.05, 3.63) is 0 Å². The van der Waals surface area contributed by atoms with Gasteiger partial charge in [0.1, 0.15) is 0 Å². The molecule has 2 atom stereocenters. The van der Waals surface area contributed by atoms with Crippen molar-refractivity contribution in [3.8, 4) is 0 Å². The van der Waals surface area contributed by atoms with Gasteiger partial charge in [-0.15, -0.1) is 0 Å². The SMILES string of the molecule is O=S(=O)(CC1CCCCN1)NCCC1CCCCO1. The number of sulfonamides is 1. The third-order valence-corrected chi connectivity index (χ3v) is 5.38. The maximum absolute atomic E-state index is 11.9. The summed E-state index contributed by atoms with van der Waals surface area (Å²) in [7, 11) is -3.15. The lowest BCUT2D eigenvalue weighted by Gasteiger charge is -2.24. The zero-order chi connectivity index (χ0) is 13.6. The largest absolute Gasteiger partial charge is 0.378 e. The first-order valence-electron chi connectivity index (χ1n) is 7.48. The van der Waals surface area contributed by atoms with Crippen molar-refractivity contribution < 1.29 is 13.2 Å². The summed E-state index contributed by atoms with van der Waals surface area (Å²) in [6.45, 7) is 2.26. The molecule has 2 unspecified atom stereocenters. The van der Waals surface area contributed by atoms with E-state index in [1.807, 2.05) is 0 Å². The summed E-state index contributed by atoms with van der Waals surface area (Å²) in [6.07, 6.45) is 7.67. The molecule has 2 aliphatic rings. The maximum Gasteiger partial charge on any atom is 0.213 e. The molecule has 2 aliphatic heterocycles. The molecule has 0 saturated carbocycles. The van der Waals surface area contributed by atoms with Gasteiger partial charge in [-0.1, -0.05) is 6.42 Å². The lowest BCUT2D eigenvalue weighted by atomic mass is 10.1. The lowest BCUT2D eigenvalue weighted by molar-refractivity contribution is 0.0123. The monoisotopic (exact) mass is 290 g/mol. The van der Waals surface area contributed by atoms with E-state index < -0.39 is 10.0 Å². The summed E-state index contributed by atoms with van der Waals surface area (Å²) in [4.78, 5) is 0. The van der Waals surface area contributed by atoms with Gasteiger partial charge in [0.05, 0.1) is 11.9 Å². The minimum Gasteiger partial charge on any atom is -0.378 e. The molecule has 0 aromatic heterocycles. The molecule has 0 aromatic carbocycles. The van der Waals surface area contributed by atoms with E-state index in [2.05, 4.69) is 10.0 Å². The van der Waals surface area contributed by atoms with Crippen LogP contribution in [0.1, 0.15) is 44.9 Å². The number of ether oxygens (including phenoxy) is 1. The molecule has 19 heavy (non-hydrogen) atoms. The Balaban J connectivity index is 1.65. The molecule has 2 N–H and O–H groups in total. The van der Waals surface area contributed by atoms with Gasteiger partial charge < -0.3 is 10.1 Å². The van der Waals surface area contributed by atoms with E-state index in [-0.39, 0.29) is 17.9 Å². The lowest BCUT2D eigenvalue weighted by Crippen LogP contribution is -2.43. The van der Waals surface area contributed by atoms with Crippen LogP contribution in [-0.4, -0.2) is 46.0 Å². The second-order valence-corrected chi connectivity index (χ2v) is 7.45. The van der Waals surface area contributed by atoms with E-state index in [0.717, 1.165) is 51.7 Å². The Labute approximate surface area is 116 Å². The van der Waals surface area contributed by atoms with Gasteiger partial charge in [0.2, 0.25) is 10.0 Å². The molecule has 0 spiro atoms. The van der Waals surface area contributed by atoms with Gasteiger partial charge in [-0.3, -0.25) is 0 Å². The van der Waals surface area contributed by atoms with Gasteiger partial charge in [0, 0.05) is 19.2 Å². The fourth-order valence-corrected chi connectivity index (χ4v) is 4.16. The number of rotatable bonds is 6. The highest BCUT2D eigenvalue weighted by Gasteiger charge is 2.21. The topological polar surface area (TPSA) is 67.4 Å². The van der Waals surface area contributed by atoms with Crippen LogP contribution in [0.4, 0.5) is 0 Å². The molecule has 6 heteroatoms. The summed E-state index contributed by atoms with van der Waals surface area (Å²) < 4.78 is 32.2. The molecule has 0 radical (unpaired) electrons. The Morgan fingerprint density at radius 2 is 2.00 bits per heavy atom. The number of hydrogen-bond donors (Lipinski definition) is 2. The van der Waals surface area contributed by atoms with Crippen molar-refractivity contribution in [2.45, 2.75) is 57.1 Å². The molecule has 0 bridgehead atoms. The fourth-order valence-electron chi connectivity index (χ4n) is 2.80. The molecule has 2 rings (SSSR count). The van der Waals surface area contributed by atoms with E-state index in [1.165, 1.54) is 6.42 Å². The molecule has 0 aliphatic carbocycles. The minimum atomic E-state index is -3.15. The summed E-state index contributed by atoms with van der Waals surface area (Å²) in [5.41, 5.74) is 0. The second-order valence-electron chi connectivity index (χ2n) is 5.60. The molecular weight excluding hydrogens is 264 g/mol. The van der Waals surface area contributed by atoms with Gasteiger partial charge in [-0.05, 0) is 45.1 Å². The van der Waals surface area contributed by atoms with Crippen LogP contribution in [0, 0.1) is 0 Å². The van der Waals surface area contributed by atoms with Crippen LogP contribution < -0.4 is 10.0 Å². The highest BCUT2D eigenvalue weighted by Crippen LogP contribution is 2.15. The van der Waals surface area contributed by atoms with Gasteiger partial charge in [-0.2, -0.15) is 0 Å². The van der Waals surface area contributed by atoms with Crippen LogP contribution in [0.25, 0.3) is 0 Å². The molecule has 0 amide bonds. The average Bonchev–Trinajstić information content (AvgIpc) is 2.40.